The lowest BCUT2D eigenvalue weighted by molar-refractivity contribution is 0.627. The van der Waals surface area contributed by atoms with Gasteiger partial charge in [-0.3, -0.25) is 4.79 Å². The summed E-state index contributed by atoms with van der Waals surface area (Å²) >= 11 is 0. The third-order valence-corrected chi connectivity index (χ3v) is 3.72. The van der Waals surface area contributed by atoms with Crippen molar-refractivity contribution in [2.75, 3.05) is 17.2 Å². The lowest BCUT2D eigenvalue weighted by atomic mass is 10.1. The van der Waals surface area contributed by atoms with Crippen molar-refractivity contribution in [3.8, 4) is 0 Å². The van der Waals surface area contributed by atoms with E-state index in [4.69, 9.17) is 5.73 Å². The van der Waals surface area contributed by atoms with Crippen molar-refractivity contribution in [1.29, 1.82) is 0 Å². The number of H-pyrrole nitrogens is 1. The number of anilines is 2. The van der Waals surface area contributed by atoms with Gasteiger partial charge in [0.15, 0.2) is 0 Å². The molecule has 1 aromatic heterocycles. The molecule has 21 heavy (non-hydrogen) atoms. The first-order valence-electron chi connectivity index (χ1n) is 7.58. The largest absolute Gasteiger partial charge is 0.397 e. The highest BCUT2D eigenvalue weighted by molar-refractivity contribution is 5.88. The minimum Gasteiger partial charge on any atom is -0.397 e. The molecule has 0 radical (unpaired) electrons. The number of nitrogens with two attached hydrogens (primary N) is 1. The van der Waals surface area contributed by atoms with Crippen molar-refractivity contribution in [3.05, 3.63) is 28.8 Å². The first-order valence-corrected chi connectivity index (χ1v) is 7.58. The Morgan fingerprint density at radius 1 is 1.33 bits per heavy atom. The molecule has 1 heterocycles. The molecule has 0 amide bonds. The molecule has 0 atom stereocenters. The number of benzene rings is 1. The van der Waals surface area contributed by atoms with Gasteiger partial charge in [-0.05, 0) is 32.4 Å². The maximum Gasteiger partial charge on any atom is 0.258 e. The molecule has 0 saturated carbocycles. The summed E-state index contributed by atoms with van der Waals surface area (Å²) in [5.74, 6) is 0. The highest BCUT2D eigenvalue weighted by atomic mass is 16.1. The van der Waals surface area contributed by atoms with Crippen molar-refractivity contribution in [1.82, 2.24) is 9.97 Å². The number of hydrogen-bond acceptors (Lipinski definition) is 4. The second-order valence-corrected chi connectivity index (χ2v) is 5.65. The molecule has 2 rings (SSSR count). The molecule has 0 spiro atoms. The molecule has 5 heteroatoms. The van der Waals surface area contributed by atoms with E-state index in [-0.39, 0.29) is 5.56 Å². The highest BCUT2D eigenvalue weighted by Gasteiger charge is 2.15. The normalized spacial score (nSPS) is 11.2. The molecule has 0 unspecified atom stereocenters. The maximum absolute atomic E-state index is 11.8. The predicted octanol–water partition coefficient (Wildman–Crippen LogP) is 2.91. The van der Waals surface area contributed by atoms with Gasteiger partial charge < -0.3 is 15.6 Å². The van der Waals surface area contributed by atoms with Gasteiger partial charge in [0, 0.05) is 12.6 Å². The van der Waals surface area contributed by atoms with Crippen LogP contribution in [0, 0.1) is 0 Å². The van der Waals surface area contributed by atoms with Gasteiger partial charge in [-0.15, -0.1) is 0 Å². The average Bonchev–Trinajstić information content (AvgIpc) is 2.44. The van der Waals surface area contributed by atoms with Gasteiger partial charge >= 0.3 is 0 Å². The number of nitrogens with one attached hydrogen (secondary N) is 1. The smallest absolute Gasteiger partial charge is 0.258 e. The van der Waals surface area contributed by atoms with Gasteiger partial charge in [0.2, 0.25) is 0 Å². The van der Waals surface area contributed by atoms with E-state index in [2.05, 4.69) is 35.6 Å². The van der Waals surface area contributed by atoms with Crippen LogP contribution in [0.5, 0.6) is 0 Å². The Morgan fingerprint density at radius 2 is 2.10 bits per heavy atom. The van der Waals surface area contributed by atoms with E-state index in [1.165, 1.54) is 19.2 Å². The number of rotatable bonds is 6. The zero-order chi connectivity index (χ0) is 15.4. The fraction of sp³-hybridized carbons (Fsp3) is 0.500. The number of unbranched alkanes of at least 4 members (excludes halogenated alkanes) is 2. The topological polar surface area (TPSA) is 75.0 Å². The van der Waals surface area contributed by atoms with E-state index in [1.54, 1.807) is 6.07 Å². The van der Waals surface area contributed by atoms with E-state index < -0.39 is 0 Å². The number of aromatic amines is 1. The second-order valence-electron chi connectivity index (χ2n) is 5.65. The van der Waals surface area contributed by atoms with Gasteiger partial charge in [0.1, 0.15) is 0 Å². The molecule has 3 N–H and O–H groups in total. The van der Waals surface area contributed by atoms with Crippen LogP contribution in [0.1, 0.15) is 40.0 Å². The van der Waals surface area contributed by atoms with Gasteiger partial charge in [-0.2, -0.15) is 0 Å². The van der Waals surface area contributed by atoms with E-state index in [0.29, 0.717) is 22.6 Å². The standard InChI is InChI=1S/C16H24N4O/c1-4-5-6-7-20(11(2)3)15-9-14-12(8-13(15)17)16(21)19-10-18-14/h8-11H,4-7,17H2,1-3H3,(H,18,19,21). The highest BCUT2D eigenvalue weighted by Crippen LogP contribution is 2.28. The molecule has 114 valence electrons. The Morgan fingerprint density at radius 3 is 2.76 bits per heavy atom. The van der Waals surface area contributed by atoms with Crippen molar-refractivity contribution in [2.24, 2.45) is 0 Å². The van der Waals surface area contributed by atoms with Gasteiger partial charge in [0.05, 0.1) is 28.6 Å². The summed E-state index contributed by atoms with van der Waals surface area (Å²) in [6, 6.07) is 4.00. The summed E-state index contributed by atoms with van der Waals surface area (Å²) in [7, 11) is 0. The van der Waals surface area contributed by atoms with E-state index >= 15 is 0 Å². The van der Waals surface area contributed by atoms with E-state index in [9.17, 15) is 4.79 Å². The summed E-state index contributed by atoms with van der Waals surface area (Å²) in [4.78, 5) is 20.9. The summed E-state index contributed by atoms with van der Waals surface area (Å²) in [5, 5.41) is 0.538. The predicted molar refractivity (Wildman–Crippen MR) is 88.8 cm³/mol. The molecule has 0 bridgehead atoms. The number of aromatic nitrogens is 2. The quantitative estimate of drug-likeness (QED) is 0.633. The lowest BCUT2D eigenvalue weighted by Crippen LogP contribution is -2.32. The Hall–Kier alpha value is -2.04. The Balaban J connectivity index is 2.42. The fourth-order valence-corrected chi connectivity index (χ4v) is 2.56. The fourth-order valence-electron chi connectivity index (χ4n) is 2.56. The number of nitrogens with zero attached hydrogens (tertiary/aromatic N) is 2. The molecule has 0 saturated heterocycles. The summed E-state index contributed by atoms with van der Waals surface area (Å²) in [5.41, 5.74) is 8.30. The zero-order valence-electron chi connectivity index (χ0n) is 13.0. The monoisotopic (exact) mass is 288 g/mol. The SMILES string of the molecule is CCCCCN(c1cc2nc[nH]c(=O)c2cc1N)C(C)C. The minimum atomic E-state index is -0.152. The van der Waals surface area contributed by atoms with Gasteiger partial charge in [-0.1, -0.05) is 19.8 Å². The van der Waals surface area contributed by atoms with Gasteiger partial charge in [0.25, 0.3) is 5.56 Å². The molecular formula is C16H24N4O. The Kier molecular flexibility index (Phi) is 4.83. The first kappa shape index (κ1) is 15.4. The maximum atomic E-state index is 11.8. The molecule has 0 fully saturated rings. The van der Waals surface area contributed by atoms with Gasteiger partial charge in [-0.25, -0.2) is 4.98 Å². The lowest BCUT2D eigenvalue weighted by Gasteiger charge is -2.30. The van der Waals surface area contributed by atoms with Crippen molar-refractivity contribution in [2.45, 2.75) is 46.1 Å². The van der Waals surface area contributed by atoms with E-state index in [1.807, 2.05) is 6.07 Å². The van der Waals surface area contributed by atoms with Crippen LogP contribution in [0.15, 0.2) is 23.3 Å². The van der Waals surface area contributed by atoms with E-state index in [0.717, 1.165) is 18.7 Å². The Bertz CT molecular complexity index is 663. The number of fused-ring (bicyclic) bond motifs is 1. The molecule has 0 aliphatic heterocycles. The number of hydrogen-bond donors (Lipinski definition) is 2. The average molecular weight is 288 g/mol. The molecular weight excluding hydrogens is 264 g/mol. The van der Waals surface area contributed by atoms with Crippen LogP contribution < -0.4 is 16.2 Å². The third-order valence-electron chi connectivity index (χ3n) is 3.72. The molecule has 5 nitrogen and oxygen atoms in total. The summed E-state index contributed by atoms with van der Waals surface area (Å²) in [6.45, 7) is 7.46. The van der Waals surface area contributed by atoms with Crippen LogP contribution in [0.2, 0.25) is 0 Å². The van der Waals surface area contributed by atoms with Crippen LogP contribution in [0.4, 0.5) is 11.4 Å². The van der Waals surface area contributed by atoms with Crippen LogP contribution in [-0.4, -0.2) is 22.6 Å². The van der Waals surface area contributed by atoms with Crippen molar-refractivity contribution < 1.29 is 0 Å². The van der Waals surface area contributed by atoms with Crippen LogP contribution in [-0.2, 0) is 0 Å². The molecule has 2 aromatic rings. The summed E-state index contributed by atoms with van der Waals surface area (Å²) in [6.07, 6.45) is 4.96. The first-order chi connectivity index (χ1) is 10.0. The number of nitrogen functional groups attached to an aromatic ring is 1. The molecule has 1 aromatic carbocycles. The van der Waals surface area contributed by atoms with Crippen LogP contribution >= 0.6 is 0 Å². The third kappa shape index (κ3) is 3.35. The molecule has 0 aliphatic rings. The second kappa shape index (κ2) is 6.61. The van der Waals surface area contributed by atoms with Crippen molar-refractivity contribution >= 4 is 22.3 Å². The Labute approximate surface area is 125 Å². The zero-order valence-corrected chi connectivity index (χ0v) is 13.0. The summed E-state index contributed by atoms with van der Waals surface area (Å²) < 4.78 is 0. The van der Waals surface area contributed by atoms with Crippen molar-refractivity contribution in [3.63, 3.8) is 0 Å². The minimum absolute atomic E-state index is 0.152. The van der Waals surface area contributed by atoms with Crippen LogP contribution in [0.3, 0.4) is 0 Å². The molecule has 0 aliphatic carbocycles. The van der Waals surface area contributed by atoms with Crippen LogP contribution in [0.25, 0.3) is 10.9 Å².